The number of methoxy groups -OCH3 is 1. The van der Waals surface area contributed by atoms with Crippen molar-refractivity contribution in [3.63, 3.8) is 0 Å². The maximum absolute atomic E-state index is 13.4. The Kier molecular flexibility index (Phi) is 5.75. The molecule has 10 heteroatoms. The summed E-state index contributed by atoms with van der Waals surface area (Å²) in [5.74, 6) is 4.29. The van der Waals surface area contributed by atoms with Crippen LogP contribution >= 0.6 is 0 Å². The predicted octanol–water partition coefficient (Wildman–Crippen LogP) is 4.09. The highest BCUT2D eigenvalue weighted by Crippen LogP contribution is 2.41. The summed E-state index contributed by atoms with van der Waals surface area (Å²) in [6.45, 7) is 4.96. The molecule has 7 rings (SSSR count). The van der Waals surface area contributed by atoms with Gasteiger partial charge in [0.1, 0.15) is 17.4 Å². The number of carbonyl (C=O) groups is 1. The molecule has 1 aliphatic carbocycles. The summed E-state index contributed by atoms with van der Waals surface area (Å²) in [5.41, 5.74) is 3.25. The maximum Gasteiger partial charge on any atom is 0.254 e. The minimum absolute atomic E-state index is 0.00478. The van der Waals surface area contributed by atoms with Crippen LogP contribution in [0.1, 0.15) is 47.1 Å². The van der Waals surface area contributed by atoms with Gasteiger partial charge < -0.3 is 24.0 Å². The molecule has 0 unspecified atom stereocenters. The van der Waals surface area contributed by atoms with E-state index in [0.29, 0.717) is 42.6 Å². The van der Waals surface area contributed by atoms with Gasteiger partial charge in [-0.25, -0.2) is 14.6 Å². The van der Waals surface area contributed by atoms with E-state index < -0.39 is 0 Å². The van der Waals surface area contributed by atoms with Crippen LogP contribution in [0.3, 0.4) is 0 Å². The molecular weight excluding hydrogens is 496 g/mol. The van der Waals surface area contributed by atoms with E-state index in [0.717, 1.165) is 65.6 Å². The molecule has 1 saturated carbocycles. The van der Waals surface area contributed by atoms with Crippen molar-refractivity contribution in [2.45, 2.75) is 32.1 Å². The summed E-state index contributed by atoms with van der Waals surface area (Å²) in [4.78, 5) is 27.7. The van der Waals surface area contributed by atoms with Gasteiger partial charge in [0.2, 0.25) is 6.79 Å². The zero-order valence-corrected chi connectivity index (χ0v) is 22.1. The van der Waals surface area contributed by atoms with Crippen LogP contribution in [0.5, 0.6) is 17.2 Å². The number of nitrogens with zero attached hydrogens (tertiary/aromatic N) is 6. The Morgan fingerprint density at radius 1 is 0.974 bits per heavy atom. The average Bonchev–Trinajstić information content (AvgIpc) is 3.69. The molecule has 2 aromatic carbocycles. The third kappa shape index (κ3) is 4.29. The van der Waals surface area contributed by atoms with Crippen molar-refractivity contribution in [2.24, 2.45) is 0 Å². The quantitative estimate of drug-likeness (QED) is 0.384. The molecule has 10 nitrogen and oxygen atoms in total. The first kappa shape index (κ1) is 23.8. The fourth-order valence-electron chi connectivity index (χ4n) is 5.38. The van der Waals surface area contributed by atoms with Gasteiger partial charge in [-0.3, -0.25) is 4.79 Å². The molecule has 0 N–H and O–H groups in total. The van der Waals surface area contributed by atoms with Crippen molar-refractivity contribution >= 4 is 22.8 Å². The van der Waals surface area contributed by atoms with Gasteiger partial charge in [-0.1, -0.05) is 0 Å². The molecule has 2 aromatic heterocycles. The zero-order chi connectivity index (χ0) is 26.5. The Morgan fingerprint density at radius 3 is 2.59 bits per heavy atom. The van der Waals surface area contributed by atoms with Crippen molar-refractivity contribution in [1.29, 1.82) is 0 Å². The van der Waals surface area contributed by atoms with Gasteiger partial charge in [0.05, 0.1) is 23.9 Å². The lowest BCUT2D eigenvalue weighted by atomic mass is 10.1. The van der Waals surface area contributed by atoms with Crippen molar-refractivity contribution in [2.75, 3.05) is 45.0 Å². The summed E-state index contributed by atoms with van der Waals surface area (Å²) in [7, 11) is 1.66. The predicted molar refractivity (Wildman–Crippen MR) is 145 cm³/mol. The van der Waals surface area contributed by atoms with Crippen molar-refractivity contribution in [1.82, 2.24) is 24.6 Å². The van der Waals surface area contributed by atoms with E-state index in [2.05, 4.69) is 4.90 Å². The van der Waals surface area contributed by atoms with E-state index in [4.69, 9.17) is 29.3 Å². The molecule has 0 radical (unpaired) electrons. The van der Waals surface area contributed by atoms with Crippen LogP contribution in [0.4, 0.5) is 5.82 Å². The molecule has 3 aliphatic rings. The van der Waals surface area contributed by atoms with Gasteiger partial charge in [0, 0.05) is 37.7 Å². The molecule has 0 spiro atoms. The first-order chi connectivity index (χ1) is 19.1. The molecular formula is C29H30N6O4. The van der Waals surface area contributed by atoms with E-state index >= 15 is 0 Å². The highest BCUT2D eigenvalue weighted by molar-refractivity contribution is 5.95. The molecule has 200 valence electrons. The third-order valence-electron chi connectivity index (χ3n) is 7.66. The van der Waals surface area contributed by atoms with E-state index in [1.807, 2.05) is 46.8 Å². The highest BCUT2D eigenvalue weighted by atomic mass is 16.7. The number of hydrogen-bond donors (Lipinski definition) is 0. The van der Waals surface area contributed by atoms with Crippen molar-refractivity contribution in [3.8, 4) is 22.9 Å². The molecule has 1 amide bonds. The lowest BCUT2D eigenvalue weighted by molar-refractivity contribution is 0.0766. The second-order valence-electron chi connectivity index (χ2n) is 10.3. The fourth-order valence-corrected chi connectivity index (χ4v) is 5.38. The summed E-state index contributed by atoms with van der Waals surface area (Å²) in [5, 5.41) is 5.85. The van der Waals surface area contributed by atoms with Crippen LogP contribution in [-0.4, -0.2) is 70.6 Å². The van der Waals surface area contributed by atoms with E-state index in [9.17, 15) is 4.79 Å². The summed E-state index contributed by atoms with van der Waals surface area (Å²) in [6, 6.07) is 13.3. The summed E-state index contributed by atoms with van der Waals surface area (Å²) >= 11 is 0. The molecule has 0 atom stereocenters. The lowest BCUT2D eigenvalue weighted by Gasteiger charge is -2.24. The molecule has 1 saturated heterocycles. The average molecular weight is 527 g/mol. The first-order valence-electron chi connectivity index (χ1n) is 13.4. The normalized spacial score (nSPS) is 17.0. The van der Waals surface area contributed by atoms with E-state index in [1.165, 1.54) is 0 Å². The number of ether oxygens (including phenoxy) is 3. The fraction of sp³-hybridized carbons (Fsp3) is 0.379. The Balaban J connectivity index is 1.20. The van der Waals surface area contributed by atoms with Gasteiger partial charge in [-0.2, -0.15) is 5.10 Å². The highest BCUT2D eigenvalue weighted by Gasteiger charge is 2.31. The van der Waals surface area contributed by atoms with Gasteiger partial charge in [-0.05, 0) is 68.7 Å². The Hall–Kier alpha value is -4.34. The van der Waals surface area contributed by atoms with Gasteiger partial charge in [0.25, 0.3) is 5.91 Å². The zero-order valence-electron chi connectivity index (χ0n) is 22.1. The molecule has 2 fully saturated rings. The Bertz CT molecular complexity index is 1560. The van der Waals surface area contributed by atoms with Crippen LogP contribution < -0.4 is 19.1 Å². The lowest BCUT2D eigenvalue weighted by Crippen LogP contribution is -2.35. The van der Waals surface area contributed by atoms with Crippen LogP contribution in [0.15, 0.2) is 42.5 Å². The largest absolute Gasteiger partial charge is 0.497 e. The molecule has 2 aliphatic heterocycles. The number of amides is 1. The number of rotatable bonds is 5. The Morgan fingerprint density at radius 2 is 1.79 bits per heavy atom. The van der Waals surface area contributed by atoms with Gasteiger partial charge in [-0.15, -0.1) is 0 Å². The number of benzene rings is 2. The molecule has 4 heterocycles. The standard InChI is InChI=1S/C29H30N6O4/c1-18-25-27(30-26(19-4-5-19)31-28(25)35(32-18)21-7-9-22(37-2)10-8-21)33-12-3-13-34(15-14-33)29(36)20-6-11-23-24(16-20)39-17-38-23/h6-11,16,19H,3-5,12-15,17H2,1-2H3. The smallest absolute Gasteiger partial charge is 0.254 e. The second kappa shape index (κ2) is 9.44. The van der Waals surface area contributed by atoms with Gasteiger partial charge in [0.15, 0.2) is 17.1 Å². The molecule has 4 aromatic rings. The number of aromatic nitrogens is 4. The van der Waals surface area contributed by atoms with Crippen LogP contribution in [0.25, 0.3) is 16.7 Å². The number of fused-ring (bicyclic) bond motifs is 2. The SMILES string of the molecule is COc1ccc(-n2nc(C)c3c(N4CCCN(C(=O)c5ccc6c(c5)OCO6)CC4)nc(C4CC4)nc32)cc1. The van der Waals surface area contributed by atoms with Crippen LogP contribution in [0.2, 0.25) is 0 Å². The topological polar surface area (TPSA) is 94.8 Å². The number of carbonyl (C=O) groups excluding carboxylic acids is 1. The monoisotopic (exact) mass is 526 g/mol. The Labute approximate surface area is 226 Å². The second-order valence-corrected chi connectivity index (χ2v) is 10.3. The summed E-state index contributed by atoms with van der Waals surface area (Å²) in [6.07, 6.45) is 3.06. The number of anilines is 1. The van der Waals surface area contributed by atoms with Crippen molar-refractivity contribution in [3.05, 3.63) is 59.5 Å². The minimum Gasteiger partial charge on any atom is -0.497 e. The number of hydrogen-bond acceptors (Lipinski definition) is 8. The summed E-state index contributed by atoms with van der Waals surface area (Å²) < 4.78 is 18.1. The first-order valence-corrected chi connectivity index (χ1v) is 13.4. The van der Waals surface area contributed by atoms with E-state index in [1.54, 1.807) is 19.2 Å². The minimum atomic E-state index is 0.00478. The van der Waals surface area contributed by atoms with Crippen LogP contribution in [-0.2, 0) is 0 Å². The molecule has 0 bridgehead atoms. The third-order valence-corrected chi connectivity index (χ3v) is 7.66. The van der Waals surface area contributed by atoms with Crippen LogP contribution in [0, 0.1) is 6.92 Å². The molecule has 39 heavy (non-hydrogen) atoms. The van der Waals surface area contributed by atoms with Gasteiger partial charge >= 0.3 is 0 Å². The van der Waals surface area contributed by atoms with Crippen molar-refractivity contribution < 1.29 is 19.0 Å². The number of aryl methyl sites for hydroxylation is 1. The van der Waals surface area contributed by atoms with E-state index in [-0.39, 0.29) is 12.7 Å². The maximum atomic E-state index is 13.4.